The van der Waals surface area contributed by atoms with Crippen LogP contribution in [0.2, 0.25) is 0 Å². The van der Waals surface area contributed by atoms with E-state index in [9.17, 15) is 24.0 Å². The lowest BCUT2D eigenvalue weighted by atomic mass is 9.93. The molecule has 15 rings (SSSR count). The van der Waals surface area contributed by atoms with Crippen molar-refractivity contribution in [3.63, 3.8) is 0 Å². The molecule has 0 aliphatic heterocycles. The zero-order valence-corrected chi connectivity index (χ0v) is 59.3. The van der Waals surface area contributed by atoms with Crippen LogP contribution >= 0.6 is 0 Å². The molecule has 0 amide bonds. The Labute approximate surface area is 621 Å². The molecule has 5 N–H and O–H groups in total. The lowest BCUT2D eigenvalue weighted by molar-refractivity contribution is -0.132. The van der Waals surface area contributed by atoms with Crippen molar-refractivity contribution in [1.82, 2.24) is 0 Å². The van der Waals surface area contributed by atoms with E-state index >= 15 is 0 Å². The molecule has 107 heavy (non-hydrogen) atoms. The Kier molecular flexibility index (Phi) is 24.4. The number of fused-ring (bicyclic) bond motifs is 5. The number of carboxylic acid groups (broad SMARTS) is 5. The zero-order chi connectivity index (χ0) is 75.3. The average Bonchev–Trinajstić information content (AvgIpc) is 0.793. The van der Waals surface area contributed by atoms with Crippen LogP contribution in [0.5, 0.6) is 0 Å². The quantitative estimate of drug-likeness (QED) is 0.0656. The van der Waals surface area contributed by atoms with Crippen LogP contribution in [0.4, 0.5) is 0 Å². The van der Waals surface area contributed by atoms with E-state index < -0.39 is 29.8 Å². The van der Waals surface area contributed by atoms with E-state index in [1.165, 1.54) is 81.9 Å². The van der Waals surface area contributed by atoms with Gasteiger partial charge in [-0.3, -0.25) is 0 Å². The molecule has 15 aromatic rings. The van der Waals surface area contributed by atoms with Gasteiger partial charge in [0.25, 0.3) is 0 Å². The van der Waals surface area contributed by atoms with Crippen molar-refractivity contribution < 1.29 is 49.5 Å². The second-order valence-electron chi connectivity index (χ2n) is 25.6. The molecule has 0 saturated heterocycles. The van der Waals surface area contributed by atoms with Gasteiger partial charge in [0.05, 0.1) is 5.56 Å². The molecule has 0 aromatic heterocycles. The van der Waals surface area contributed by atoms with Gasteiger partial charge in [-0.05, 0) is 255 Å². The summed E-state index contributed by atoms with van der Waals surface area (Å²) in [6.07, 6.45) is 11.1. The van der Waals surface area contributed by atoms with Gasteiger partial charge in [0.1, 0.15) is 0 Å². The maximum atomic E-state index is 11.1. The van der Waals surface area contributed by atoms with Crippen LogP contribution in [0, 0.1) is 27.7 Å². The third kappa shape index (κ3) is 19.8. The van der Waals surface area contributed by atoms with Crippen molar-refractivity contribution in [2.45, 2.75) is 27.7 Å². The number of benzene rings is 15. The normalized spacial score (nSPS) is 11.0. The van der Waals surface area contributed by atoms with Gasteiger partial charge in [0.2, 0.25) is 0 Å². The van der Waals surface area contributed by atoms with E-state index in [0.717, 1.165) is 96.5 Å². The number of hydrogen-bond acceptors (Lipinski definition) is 5. The van der Waals surface area contributed by atoms with Gasteiger partial charge in [-0.15, -0.1) is 0 Å². The van der Waals surface area contributed by atoms with E-state index in [2.05, 4.69) is 166 Å². The molecule has 10 heteroatoms. The Morgan fingerprint density at radius 2 is 0.617 bits per heavy atom. The zero-order valence-electron chi connectivity index (χ0n) is 59.3. The summed E-state index contributed by atoms with van der Waals surface area (Å²) < 4.78 is 0. The minimum atomic E-state index is -0.938. The summed E-state index contributed by atoms with van der Waals surface area (Å²) in [4.78, 5) is 53.6. The van der Waals surface area contributed by atoms with Gasteiger partial charge in [-0.2, -0.15) is 0 Å². The molecule has 0 heterocycles. The van der Waals surface area contributed by atoms with Crippen molar-refractivity contribution in [1.29, 1.82) is 0 Å². The summed E-state index contributed by atoms with van der Waals surface area (Å²) in [7, 11) is 0. The van der Waals surface area contributed by atoms with E-state index in [1.54, 1.807) is 36.4 Å². The molecule has 0 radical (unpaired) electrons. The first-order valence-electron chi connectivity index (χ1n) is 34.6. The monoisotopic (exact) mass is 1400 g/mol. The predicted octanol–water partition coefficient (Wildman–Crippen LogP) is 23.9. The number of aryl methyl sites for hydroxylation is 4. The molecule has 0 aliphatic carbocycles. The SMILES string of the molecule is Cc1c(-c2cccc(/C=C/C(=O)O)c2)ccc2ccccc12.Cc1cc2ccccc2cc1-c1cccc(/C=C/C(=O)O)c1.Cc1ccc(C(=O)O)cc1-c1ccc2ccccc2c1.Cc1ccc2ccccc2c1-c1cccc(/C=C/C(=O)O)c1.O=C(O)/C=C/c1ccc(-c2ccc3ccccc3c2)cc1. The number of aliphatic carboxylic acids is 4. The minimum absolute atomic E-state index is 0.318. The lowest BCUT2D eigenvalue weighted by Gasteiger charge is -2.11. The first-order chi connectivity index (χ1) is 51.8. The Bertz CT molecular complexity index is 5860. The summed E-state index contributed by atoms with van der Waals surface area (Å²) in [5, 5.41) is 56.1. The number of aromatic carboxylic acids is 1. The Morgan fingerprint density at radius 1 is 0.243 bits per heavy atom. The summed E-state index contributed by atoms with van der Waals surface area (Å²) in [6, 6.07) is 104. The highest BCUT2D eigenvalue weighted by atomic mass is 16.4. The van der Waals surface area contributed by atoms with Crippen molar-refractivity contribution >= 4 is 108 Å². The molecule has 10 nitrogen and oxygen atoms in total. The number of carboxylic acids is 5. The topological polar surface area (TPSA) is 186 Å². The number of hydrogen-bond donors (Lipinski definition) is 5. The molecule has 524 valence electrons. The van der Waals surface area contributed by atoms with Gasteiger partial charge in [0, 0.05) is 24.3 Å². The lowest BCUT2D eigenvalue weighted by Crippen LogP contribution is -1.97. The molecule has 0 saturated carbocycles. The van der Waals surface area contributed by atoms with Gasteiger partial charge in [0.15, 0.2) is 0 Å². The van der Waals surface area contributed by atoms with Crippen LogP contribution < -0.4 is 0 Å². The van der Waals surface area contributed by atoms with Crippen LogP contribution in [0.25, 0.3) is 134 Å². The largest absolute Gasteiger partial charge is 0.478 e. The van der Waals surface area contributed by atoms with Crippen LogP contribution in [0.15, 0.2) is 334 Å². The Balaban J connectivity index is 0.000000133. The van der Waals surface area contributed by atoms with Gasteiger partial charge < -0.3 is 25.5 Å². The Hall–Kier alpha value is -14.1. The van der Waals surface area contributed by atoms with E-state index in [1.807, 2.05) is 159 Å². The fourth-order valence-corrected chi connectivity index (χ4v) is 12.8. The third-order valence-corrected chi connectivity index (χ3v) is 18.2. The number of carbonyl (C=O) groups is 5. The van der Waals surface area contributed by atoms with Crippen molar-refractivity contribution in [3.05, 3.63) is 384 Å². The maximum absolute atomic E-state index is 11.1. The van der Waals surface area contributed by atoms with E-state index in [0.29, 0.717) is 5.56 Å². The average molecular weight is 1400 g/mol. The highest BCUT2D eigenvalue weighted by molar-refractivity contribution is 6.00. The molecule has 0 atom stereocenters. The second kappa shape index (κ2) is 35.2. The second-order valence-corrected chi connectivity index (χ2v) is 25.6. The first kappa shape index (κ1) is 74.1. The summed E-state index contributed by atoms with van der Waals surface area (Å²) in [5.74, 6) is -4.65. The van der Waals surface area contributed by atoms with Gasteiger partial charge in [-0.1, -0.05) is 261 Å². The predicted molar refractivity (Wildman–Crippen MR) is 440 cm³/mol. The van der Waals surface area contributed by atoms with Gasteiger partial charge in [-0.25, -0.2) is 24.0 Å². The summed E-state index contributed by atoms with van der Waals surface area (Å²) in [5.41, 5.74) is 19.7. The molecule has 0 unspecified atom stereocenters. The van der Waals surface area contributed by atoms with Crippen molar-refractivity contribution in [2.24, 2.45) is 0 Å². The Morgan fingerprint density at radius 3 is 1.15 bits per heavy atom. The van der Waals surface area contributed by atoms with Crippen molar-refractivity contribution in [3.8, 4) is 55.6 Å². The van der Waals surface area contributed by atoms with Crippen LogP contribution in [-0.4, -0.2) is 55.4 Å². The molecule has 15 aromatic carbocycles. The standard InChI is InChI=1S/3C20H16O2.C19H14O2.C18H14O2/c1-14-18-8-3-2-6-16(18)10-11-19(14)17-7-4-5-15(13-17)9-12-20(21)22;1-14-9-11-16-6-2-3-8-18(16)20(14)17-7-4-5-15(13-17)10-12-19(21)22;1-14-11-16-6-2-3-7-17(16)13-19(14)18-8-4-5-15(12-18)9-10-20(21)22;20-19(21)12-7-14-5-8-16(9-6-14)18-11-10-15-3-1-2-4-17(15)13-18;1-12-6-7-16(18(19)20)11-17(12)15-9-8-13-4-2-3-5-14(13)10-15/h3*2-13H,1H3,(H,21,22);1-13H,(H,20,21);2-11H,1H3,(H,19,20)/b12-9+;12-10+;10-9+;12-7+;. The summed E-state index contributed by atoms with van der Waals surface area (Å²) in [6.45, 7) is 8.32. The van der Waals surface area contributed by atoms with Crippen LogP contribution in [0.1, 0.15) is 54.9 Å². The molecular weight excluding hydrogens is 1330 g/mol. The highest BCUT2D eigenvalue weighted by Crippen LogP contribution is 2.35. The molecule has 0 aliphatic rings. The maximum Gasteiger partial charge on any atom is 0.335 e. The molecular formula is C97H76O10. The highest BCUT2D eigenvalue weighted by Gasteiger charge is 2.12. The fraction of sp³-hybridized carbons (Fsp3) is 0.0412. The fourth-order valence-electron chi connectivity index (χ4n) is 12.8. The number of rotatable bonds is 14. The smallest absolute Gasteiger partial charge is 0.335 e. The molecule has 0 bridgehead atoms. The summed E-state index contributed by atoms with van der Waals surface area (Å²) >= 11 is 0. The first-order valence-corrected chi connectivity index (χ1v) is 34.6. The van der Waals surface area contributed by atoms with Crippen LogP contribution in [-0.2, 0) is 19.2 Å². The van der Waals surface area contributed by atoms with Crippen LogP contribution in [0.3, 0.4) is 0 Å². The van der Waals surface area contributed by atoms with Crippen molar-refractivity contribution in [2.75, 3.05) is 0 Å². The molecule has 0 spiro atoms. The van der Waals surface area contributed by atoms with E-state index in [-0.39, 0.29) is 0 Å². The minimum Gasteiger partial charge on any atom is -0.478 e. The van der Waals surface area contributed by atoms with E-state index in [4.69, 9.17) is 25.5 Å². The third-order valence-electron chi connectivity index (χ3n) is 18.2. The van der Waals surface area contributed by atoms with Gasteiger partial charge >= 0.3 is 29.8 Å². The molecule has 0 fully saturated rings.